The Morgan fingerprint density at radius 1 is 1.43 bits per heavy atom. The number of nitrogens with zero attached hydrogens (tertiary/aromatic N) is 2. The number of aromatic amines is 1. The van der Waals surface area contributed by atoms with Gasteiger partial charge in [0.15, 0.2) is 4.77 Å². The topological polar surface area (TPSA) is 24.0 Å². The molecule has 0 amide bonds. The van der Waals surface area contributed by atoms with Gasteiger partial charge in [-0.1, -0.05) is 12.8 Å². The number of halogens is 2. The first-order valence-electron chi connectivity index (χ1n) is 7.34. The minimum absolute atomic E-state index is 0.185. The summed E-state index contributed by atoms with van der Waals surface area (Å²) in [4.78, 5) is 5.59. The molecule has 1 aromatic carbocycles. The number of hydrogen-bond acceptors (Lipinski definition) is 2. The number of rotatable bonds is 4. The van der Waals surface area contributed by atoms with E-state index in [1.807, 2.05) is 33.2 Å². The first-order chi connectivity index (χ1) is 10.1. The lowest BCUT2D eigenvalue weighted by atomic mass is 10.2. The van der Waals surface area contributed by atoms with Crippen LogP contribution in [0.3, 0.4) is 0 Å². The third kappa shape index (κ3) is 3.17. The smallest absolute Gasteiger partial charge is 0.178 e. The van der Waals surface area contributed by atoms with Crippen LogP contribution >= 0.6 is 34.8 Å². The average Bonchev–Trinajstić information content (AvgIpc) is 3.06. The summed E-state index contributed by atoms with van der Waals surface area (Å²) in [5.41, 5.74) is 1.77. The van der Waals surface area contributed by atoms with Crippen molar-refractivity contribution in [2.24, 2.45) is 0 Å². The molecule has 1 heterocycles. The molecule has 0 bridgehead atoms. The largest absolute Gasteiger partial charge is 0.331 e. The Labute approximate surface area is 142 Å². The van der Waals surface area contributed by atoms with E-state index in [0.717, 1.165) is 24.1 Å². The molecule has 2 aromatic rings. The van der Waals surface area contributed by atoms with Crippen molar-refractivity contribution in [3.05, 3.63) is 26.3 Å². The van der Waals surface area contributed by atoms with Crippen LogP contribution in [0.4, 0.5) is 4.39 Å². The van der Waals surface area contributed by atoms with E-state index in [1.165, 1.54) is 25.7 Å². The second-order valence-corrected chi connectivity index (χ2v) is 7.33. The minimum Gasteiger partial charge on any atom is -0.331 e. The molecule has 1 N–H and O–H groups in total. The molecule has 0 atom stereocenters. The summed E-state index contributed by atoms with van der Waals surface area (Å²) in [7, 11) is 2.18. The van der Waals surface area contributed by atoms with Gasteiger partial charge >= 0.3 is 0 Å². The van der Waals surface area contributed by atoms with Crippen molar-refractivity contribution in [1.29, 1.82) is 0 Å². The Bertz CT molecular complexity index is 703. The highest BCUT2D eigenvalue weighted by atomic mass is 127. The normalized spacial score (nSPS) is 16.4. The number of likely N-dealkylation sites (N-methyl/N-ethyl adjacent to an activating group) is 1. The first kappa shape index (κ1) is 15.4. The third-order valence-electron chi connectivity index (χ3n) is 4.44. The molecule has 0 aliphatic heterocycles. The highest BCUT2D eigenvalue weighted by Gasteiger charge is 2.19. The molecule has 1 aliphatic rings. The molecule has 3 nitrogen and oxygen atoms in total. The van der Waals surface area contributed by atoms with Crippen molar-refractivity contribution in [2.75, 3.05) is 13.6 Å². The van der Waals surface area contributed by atoms with Crippen LogP contribution in [0.5, 0.6) is 0 Å². The van der Waals surface area contributed by atoms with Crippen molar-refractivity contribution in [3.8, 4) is 0 Å². The Kier molecular flexibility index (Phi) is 4.66. The van der Waals surface area contributed by atoms with E-state index in [0.29, 0.717) is 14.4 Å². The monoisotopic (exact) mass is 419 g/mol. The summed E-state index contributed by atoms with van der Waals surface area (Å²) in [5.74, 6) is -0.185. The SMILES string of the molecule is CN(CCn1c(=S)[nH]c2cc(I)c(F)cc21)C1CCCC1. The molecular formula is C15H19FIN3S. The quantitative estimate of drug-likeness (QED) is 0.590. The fourth-order valence-corrected chi connectivity index (χ4v) is 3.93. The second-order valence-electron chi connectivity index (χ2n) is 5.78. The maximum atomic E-state index is 13.8. The van der Waals surface area contributed by atoms with Gasteiger partial charge in [-0.05, 0) is 60.8 Å². The molecule has 3 rings (SSSR count). The van der Waals surface area contributed by atoms with E-state index in [1.54, 1.807) is 6.07 Å². The van der Waals surface area contributed by atoms with Crippen LogP contribution in [0.25, 0.3) is 11.0 Å². The van der Waals surface area contributed by atoms with Gasteiger partial charge in [0.05, 0.1) is 14.6 Å². The van der Waals surface area contributed by atoms with E-state index >= 15 is 0 Å². The summed E-state index contributed by atoms with van der Waals surface area (Å²) in [6, 6.07) is 4.10. The molecule has 0 spiro atoms. The summed E-state index contributed by atoms with van der Waals surface area (Å²) < 4.78 is 17.1. The molecule has 1 aliphatic carbocycles. The predicted octanol–water partition coefficient (Wildman–Crippen LogP) is 4.32. The Balaban J connectivity index is 1.81. The zero-order valence-corrected chi connectivity index (χ0v) is 15.0. The molecule has 0 unspecified atom stereocenters. The number of H-pyrrole nitrogens is 1. The molecule has 1 aromatic heterocycles. The number of nitrogens with one attached hydrogen (secondary N) is 1. The predicted molar refractivity (Wildman–Crippen MR) is 94.7 cm³/mol. The van der Waals surface area contributed by atoms with E-state index in [9.17, 15) is 4.39 Å². The van der Waals surface area contributed by atoms with Crippen LogP contribution in [-0.2, 0) is 6.54 Å². The van der Waals surface area contributed by atoms with Gasteiger partial charge in [0.25, 0.3) is 0 Å². The van der Waals surface area contributed by atoms with Crippen LogP contribution < -0.4 is 0 Å². The lowest BCUT2D eigenvalue weighted by Crippen LogP contribution is -2.32. The second kappa shape index (κ2) is 6.34. The van der Waals surface area contributed by atoms with Crippen molar-refractivity contribution in [3.63, 3.8) is 0 Å². The van der Waals surface area contributed by atoms with Gasteiger partial charge in [-0.25, -0.2) is 4.39 Å². The van der Waals surface area contributed by atoms with Crippen molar-refractivity contribution in [1.82, 2.24) is 14.5 Å². The van der Waals surface area contributed by atoms with Gasteiger partial charge in [0.1, 0.15) is 5.82 Å². The average molecular weight is 419 g/mol. The molecule has 0 saturated heterocycles. The maximum Gasteiger partial charge on any atom is 0.178 e. The molecule has 0 radical (unpaired) electrons. The van der Waals surface area contributed by atoms with Crippen molar-refractivity contribution >= 4 is 45.8 Å². The highest BCUT2D eigenvalue weighted by molar-refractivity contribution is 14.1. The van der Waals surface area contributed by atoms with Crippen LogP contribution in [0.15, 0.2) is 12.1 Å². The summed E-state index contributed by atoms with van der Waals surface area (Å²) >= 11 is 7.39. The van der Waals surface area contributed by atoms with E-state index in [2.05, 4.69) is 16.9 Å². The van der Waals surface area contributed by atoms with Gasteiger partial charge in [0.2, 0.25) is 0 Å². The number of aromatic nitrogens is 2. The lowest BCUT2D eigenvalue weighted by Gasteiger charge is -2.24. The first-order valence-corrected chi connectivity index (χ1v) is 8.83. The zero-order valence-electron chi connectivity index (χ0n) is 12.0. The number of hydrogen-bond donors (Lipinski definition) is 1. The third-order valence-corrected chi connectivity index (χ3v) is 5.59. The Morgan fingerprint density at radius 2 is 2.14 bits per heavy atom. The summed E-state index contributed by atoms with van der Waals surface area (Å²) in [5, 5.41) is 0. The van der Waals surface area contributed by atoms with Gasteiger partial charge in [0, 0.05) is 25.2 Å². The van der Waals surface area contributed by atoms with Gasteiger partial charge in [-0.2, -0.15) is 0 Å². The fraction of sp³-hybridized carbons (Fsp3) is 0.533. The molecule has 21 heavy (non-hydrogen) atoms. The fourth-order valence-electron chi connectivity index (χ4n) is 3.16. The van der Waals surface area contributed by atoms with Crippen LogP contribution in [0.2, 0.25) is 0 Å². The molecule has 114 valence electrons. The van der Waals surface area contributed by atoms with Gasteiger partial charge < -0.3 is 14.5 Å². The summed E-state index contributed by atoms with van der Waals surface area (Å²) in [6.45, 7) is 1.74. The molecule has 1 fully saturated rings. The highest BCUT2D eigenvalue weighted by Crippen LogP contribution is 2.23. The number of benzene rings is 1. The Morgan fingerprint density at radius 3 is 2.86 bits per heavy atom. The van der Waals surface area contributed by atoms with Gasteiger partial charge in [-0.15, -0.1) is 0 Å². The Hall–Kier alpha value is -0.470. The van der Waals surface area contributed by atoms with E-state index in [4.69, 9.17) is 12.2 Å². The summed E-state index contributed by atoms with van der Waals surface area (Å²) in [6.07, 6.45) is 5.27. The molecular weight excluding hydrogens is 400 g/mol. The van der Waals surface area contributed by atoms with Crippen LogP contribution in [0.1, 0.15) is 25.7 Å². The minimum atomic E-state index is -0.185. The zero-order chi connectivity index (χ0) is 15.0. The van der Waals surface area contributed by atoms with E-state index in [-0.39, 0.29) is 5.82 Å². The van der Waals surface area contributed by atoms with Crippen molar-refractivity contribution in [2.45, 2.75) is 38.3 Å². The van der Waals surface area contributed by atoms with E-state index < -0.39 is 0 Å². The molecule has 6 heteroatoms. The van der Waals surface area contributed by atoms with Crippen molar-refractivity contribution < 1.29 is 4.39 Å². The standard InChI is InChI=1S/C15H19FIN3S/c1-19(10-4-2-3-5-10)6-7-20-14-8-11(16)12(17)9-13(14)18-15(20)21/h8-10H,2-7H2,1H3,(H,18,21). The maximum absolute atomic E-state index is 13.8. The number of fused-ring (bicyclic) bond motifs is 1. The molecule has 1 saturated carbocycles. The van der Waals surface area contributed by atoms with Crippen LogP contribution in [-0.4, -0.2) is 34.1 Å². The van der Waals surface area contributed by atoms with Crippen LogP contribution in [0, 0.1) is 14.2 Å². The van der Waals surface area contributed by atoms with Gasteiger partial charge in [-0.3, -0.25) is 0 Å². The lowest BCUT2D eigenvalue weighted by molar-refractivity contribution is 0.237. The number of imidazole rings is 1.